The van der Waals surface area contributed by atoms with Crippen LogP contribution in [0.2, 0.25) is 0 Å². The molecule has 1 aliphatic rings. The normalized spacial score (nSPS) is 21.3. The van der Waals surface area contributed by atoms with Gasteiger partial charge in [-0.2, -0.15) is 0 Å². The quantitative estimate of drug-likeness (QED) is 0.791. The third-order valence-electron chi connectivity index (χ3n) is 3.55. The van der Waals surface area contributed by atoms with Gasteiger partial charge in [0.15, 0.2) is 0 Å². The zero-order valence-electron chi connectivity index (χ0n) is 10.4. The van der Waals surface area contributed by atoms with E-state index in [0.717, 1.165) is 30.4 Å². The predicted molar refractivity (Wildman–Crippen MR) is 68.9 cm³/mol. The molecule has 0 amide bonds. The average Bonchev–Trinajstić information content (AvgIpc) is 2.32. The molecule has 0 saturated carbocycles. The van der Waals surface area contributed by atoms with Crippen LogP contribution in [-0.4, -0.2) is 11.1 Å². The van der Waals surface area contributed by atoms with Crippen molar-refractivity contribution >= 4 is 11.5 Å². The first-order valence-corrected chi connectivity index (χ1v) is 6.18. The van der Waals surface area contributed by atoms with E-state index in [4.69, 9.17) is 5.11 Å². The molecule has 1 aromatic rings. The summed E-state index contributed by atoms with van der Waals surface area (Å²) in [6.07, 6.45) is 4.46. The topological polar surface area (TPSA) is 37.3 Å². The van der Waals surface area contributed by atoms with Gasteiger partial charge < -0.3 is 5.11 Å². The summed E-state index contributed by atoms with van der Waals surface area (Å²) >= 11 is 0. The van der Waals surface area contributed by atoms with Crippen LogP contribution in [0, 0.1) is 5.92 Å². The Hall–Kier alpha value is -1.57. The van der Waals surface area contributed by atoms with Crippen molar-refractivity contribution in [3.63, 3.8) is 0 Å². The molecule has 2 rings (SSSR count). The molecule has 2 heteroatoms. The minimum absolute atomic E-state index is 0.339. The molecule has 1 unspecified atom stereocenters. The van der Waals surface area contributed by atoms with Crippen LogP contribution in [0.25, 0.3) is 5.57 Å². The number of benzene rings is 1. The largest absolute Gasteiger partial charge is 0.478 e. The number of allylic oxidation sites excluding steroid dienone is 1. The highest BCUT2D eigenvalue weighted by atomic mass is 16.4. The van der Waals surface area contributed by atoms with Crippen molar-refractivity contribution in [1.82, 2.24) is 0 Å². The van der Waals surface area contributed by atoms with E-state index < -0.39 is 5.97 Å². The van der Waals surface area contributed by atoms with E-state index in [2.05, 4.69) is 32.0 Å². The Morgan fingerprint density at radius 1 is 1.53 bits per heavy atom. The molecule has 0 aliphatic heterocycles. The lowest BCUT2D eigenvalue weighted by atomic mass is 9.79. The number of aliphatic carboxylic acids is 1. The summed E-state index contributed by atoms with van der Waals surface area (Å²) in [4.78, 5) is 10.9. The fraction of sp³-hybridized carbons (Fsp3) is 0.400. The van der Waals surface area contributed by atoms with Crippen molar-refractivity contribution < 1.29 is 9.90 Å². The van der Waals surface area contributed by atoms with Crippen LogP contribution in [0.15, 0.2) is 24.3 Å². The first-order chi connectivity index (χ1) is 8.11. The van der Waals surface area contributed by atoms with Crippen LogP contribution in [0.1, 0.15) is 37.0 Å². The lowest BCUT2D eigenvalue weighted by Crippen LogP contribution is -2.12. The second kappa shape index (κ2) is 4.74. The Kier molecular flexibility index (Phi) is 3.32. The zero-order valence-corrected chi connectivity index (χ0v) is 10.4. The Balaban J connectivity index is 2.52. The standard InChI is InChI=1S/C15H18O2/c1-3-11-5-7-12-6-4-10(2)13(9-15(16)17)14(12)8-11/h5,7-10H,3-4,6H2,1-2H3,(H,16,17)/b13-9+. The Bertz CT molecular complexity index is 472. The number of hydrogen-bond acceptors (Lipinski definition) is 1. The molecule has 90 valence electrons. The number of carboxylic acid groups (broad SMARTS) is 1. The molecule has 2 nitrogen and oxygen atoms in total. The smallest absolute Gasteiger partial charge is 0.328 e. The predicted octanol–water partition coefficient (Wildman–Crippen LogP) is 3.30. The maximum absolute atomic E-state index is 10.9. The summed E-state index contributed by atoms with van der Waals surface area (Å²) in [5.74, 6) is -0.507. The summed E-state index contributed by atoms with van der Waals surface area (Å²) in [5.41, 5.74) is 4.68. The van der Waals surface area contributed by atoms with Gasteiger partial charge in [-0.15, -0.1) is 0 Å². The van der Waals surface area contributed by atoms with Gasteiger partial charge in [-0.1, -0.05) is 32.0 Å². The van der Waals surface area contributed by atoms with Crippen LogP contribution in [0.4, 0.5) is 0 Å². The molecule has 0 aromatic heterocycles. The average molecular weight is 230 g/mol. The highest BCUT2D eigenvalue weighted by Crippen LogP contribution is 2.35. The molecular formula is C15H18O2. The molecule has 0 saturated heterocycles. The number of fused-ring (bicyclic) bond motifs is 1. The van der Waals surface area contributed by atoms with E-state index in [1.165, 1.54) is 17.2 Å². The third-order valence-corrected chi connectivity index (χ3v) is 3.55. The number of aryl methyl sites for hydroxylation is 2. The lowest BCUT2D eigenvalue weighted by molar-refractivity contribution is -0.131. The molecule has 1 N–H and O–H groups in total. The SMILES string of the molecule is CCc1ccc2c(c1)/C(=C/C(=O)O)C(C)CC2. The minimum Gasteiger partial charge on any atom is -0.478 e. The van der Waals surface area contributed by atoms with Gasteiger partial charge in [-0.25, -0.2) is 4.79 Å². The molecule has 1 aromatic carbocycles. The van der Waals surface area contributed by atoms with E-state index >= 15 is 0 Å². The fourth-order valence-corrected chi connectivity index (χ4v) is 2.48. The molecule has 0 fully saturated rings. The number of rotatable bonds is 2. The third kappa shape index (κ3) is 2.41. The van der Waals surface area contributed by atoms with Gasteiger partial charge in [0.1, 0.15) is 0 Å². The van der Waals surface area contributed by atoms with Gasteiger partial charge in [-0.05, 0) is 47.4 Å². The number of hydrogen-bond donors (Lipinski definition) is 1. The van der Waals surface area contributed by atoms with Crippen LogP contribution in [-0.2, 0) is 17.6 Å². The fourth-order valence-electron chi connectivity index (χ4n) is 2.48. The van der Waals surface area contributed by atoms with Gasteiger partial charge in [0.2, 0.25) is 0 Å². The molecule has 1 aliphatic carbocycles. The van der Waals surface area contributed by atoms with Crippen LogP contribution < -0.4 is 0 Å². The van der Waals surface area contributed by atoms with Gasteiger partial charge in [0, 0.05) is 6.08 Å². The lowest BCUT2D eigenvalue weighted by Gasteiger charge is -2.25. The summed E-state index contributed by atoms with van der Waals surface area (Å²) in [6, 6.07) is 6.45. The van der Waals surface area contributed by atoms with Crippen molar-refractivity contribution in [2.24, 2.45) is 5.92 Å². The molecule has 17 heavy (non-hydrogen) atoms. The van der Waals surface area contributed by atoms with Crippen LogP contribution in [0.3, 0.4) is 0 Å². The van der Waals surface area contributed by atoms with Crippen molar-refractivity contribution in [3.8, 4) is 0 Å². The van der Waals surface area contributed by atoms with E-state index in [0.29, 0.717) is 5.92 Å². The monoisotopic (exact) mass is 230 g/mol. The Morgan fingerprint density at radius 2 is 2.29 bits per heavy atom. The highest BCUT2D eigenvalue weighted by molar-refractivity contribution is 5.91. The zero-order chi connectivity index (χ0) is 12.4. The maximum atomic E-state index is 10.9. The van der Waals surface area contributed by atoms with Gasteiger partial charge in [0.25, 0.3) is 0 Å². The van der Waals surface area contributed by atoms with Crippen LogP contribution in [0.5, 0.6) is 0 Å². The van der Waals surface area contributed by atoms with E-state index in [9.17, 15) is 4.79 Å². The Morgan fingerprint density at radius 3 is 2.94 bits per heavy atom. The van der Waals surface area contributed by atoms with E-state index in [1.54, 1.807) is 0 Å². The Labute approximate surface area is 102 Å². The summed E-state index contributed by atoms with van der Waals surface area (Å²) < 4.78 is 0. The van der Waals surface area contributed by atoms with Crippen molar-refractivity contribution in [2.75, 3.05) is 0 Å². The number of carboxylic acids is 1. The first kappa shape index (κ1) is 11.9. The van der Waals surface area contributed by atoms with E-state index in [1.807, 2.05) is 0 Å². The van der Waals surface area contributed by atoms with Crippen molar-refractivity contribution in [1.29, 1.82) is 0 Å². The molecule has 0 radical (unpaired) electrons. The minimum atomic E-state index is -0.846. The van der Waals surface area contributed by atoms with Crippen molar-refractivity contribution in [2.45, 2.75) is 33.1 Å². The second-order valence-corrected chi connectivity index (χ2v) is 4.72. The van der Waals surface area contributed by atoms with Gasteiger partial charge in [-0.3, -0.25) is 0 Å². The van der Waals surface area contributed by atoms with Crippen LogP contribution >= 0.6 is 0 Å². The van der Waals surface area contributed by atoms with E-state index in [-0.39, 0.29) is 0 Å². The first-order valence-electron chi connectivity index (χ1n) is 6.18. The summed E-state index contributed by atoms with van der Waals surface area (Å²) in [7, 11) is 0. The number of carbonyl (C=O) groups is 1. The summed E-state index contributed by atoms with van der Waals surface area (Å²) in [6.45, 7) is 4.23. The van der Waals surface area contributed by atoms with Gasteiger partial charge >= 0.3 is 5.97 Å². The summed E-state index contributed by atoms with van der Waals surface area (Å²) in [5, 5.41) is 8.96. The molecule has 0 bridgehead atoms. The molecule has 0 spiro atoms. The molecule has 0 heterocycles. The second-order valence-electron chi connectivity index (χ2n) is 4.72. The molecule has 1 atom stereocenters. The maximum Gasteiger partial charge on any atom is 0.328 e. The highest BCUT2D eigenvalue weighted by Gasteiger charge is 2.21. The van der Waals surface area contributed by atoms with Crippen molar-refractivity contribution in [3.05, 3.63) is 41.0 Å². The molecular weight excluding hydrogens is 212 g/mol. The van der Waals surface area contributed by atoms with Gasteiger partial charge in [0.05, 0.1) is 0 Å².